The molecule has 0 saturated carbocycles. The summed E-state index contributed by atoms with van der Waals surface area (Å²) in [5.74, 6) is 0.350. The van der Waals surface area contributed by atoms with E-state index in [-0.39, 0.29) is 11.5 Å². The number of nitrogens with two attached hydrogens (primary N) is 1. The number of benzene rings is 1. The van der Waals surface area contributed by atoms with Crippen LogP contribution in [0.3, 0.4) is 0 Å². The smallest absolute Gasteiger partial charge is 0.115 e. The second-order valence-corrected chi connectivity index (χ2v) is 3.46. The first-order valence-electron chi connectivity index (χ1n) is 4.32. The fraction of sp³-hybridized carbons (Fsp3) is 0.400. The molecule has 0 heterocycles. The predicted molar refractivity (Wildman–Crippen MR) is 51.7 cm³/mol. The van der Waals surface area contributed by atoms with E-state index in [1.54, 1.807) is 6.07 Å². The molecule has 0 fully saturated rings. The highest BCUT2D eigenvalue weighted by Crippen LogP contribution is 2.23. The Bertz CT molecular complexity index is 299. The monoisotopic (exact) mass is 181 g/mol. The van der Waals surface area contributed by atoms with Crippen molar-refractivity contribution >= 4 is 0 Å². The quantitative estimate of drug-likeness (QED) is 0.607. The van der Waals surface area contributed by atoms with Gasteiger partial charge < -0.3 is 16.3 Å². The molecule has 72 valence electrons. The maximum atomic E-state index is 9.23. The molecule has 1 aromatic carbocycles. The van der Waals surface area contributed by atoms with Crippen molar-refractivity contribution in [2.75, 3.05) is 0 Å². The molecular weight excluding hydrogens is 166 g/mol. The summed E-state index contributed by atoms with van der Waals surface area (Å²) in [6.07, 6.45) is 3.03. The molecule has 1 aliphatic rings. The molecule has 0 unspecified atom stereocenters. The molecular formula is C10H15NO2. The molecule has 0 spiro atoms. The Labute approximate surface area is 77.5 Å². The fourth-order valence-electron chi connectivity index (χ4n) is 1.77. The summed E-state index contributed by atoms with van der Waals surface area (Å²) in [6, 6.07) is 5.85. The van der Waals surface area contributed by atoms with Gasteiger partial charge >= 0.3 is 0 Å². The molecule has 2 rings (SSSR count). The van der Waals surface area contributed by atoms with Crippen molar-refractivity contribution in [3.63, 3.8) is 0 Å². The SMILES string of the molecule is N[C@@H]1CCc2ccc(O)cc2C1.O. The van der Waals surface area contributed by atoms with Crippen LogP contribution in [0.2, 0.25) is 0 Å². The molecule has 0 radical (unpaired) electrons. The van der Waals surface area contributed by atoms with E-state index in [9.17, 15) is 5.11 Å². The summed E-state index contributed by atoms with van der Waals surface area (Å²) in [5, 5.41) is 9.23. The third-order valence-corrected chi connectivity index (χ3v) is 2.46. The van der Waals surface area contributed by atoms with Crippen LogP contribution in [0.4, 0.5) is 0 Å². The van der Waals surface area contributed by atoms with Gasteiger partial charge in [-0.25, -0.2) is 0 Å². The molecule has 3 nitrogen and oxygen atoms in total. The van der Waals surface area contributed by atoms with Gasteiger partial charge in [0.15, 0.2) is 0 Å². The number of phenols is 1. The van der Waals surface area contributed by atoms with Crippen molar-refractivity contribution in [3.05, 3.63) is 29.3 Å². The Hall–Kier alpha value is -1.06. The van der Waals surface area contributed by atoms with E-state index in [0.29, 0.717) is 5.75 Å². The largest absolute Gasteiger partial charge is 0.508 e. The van der Waals surface area contributed by atoms with Crippen LogP contribution in [0, 0.1) is 0 Å². The van der Waals surface area contributed by atoms with E-state index >= 15 is 0 Å². The van der Waals surface area contributed by atoms with Gasteiger partial charge in [-0.15, -0.1) is 0 Å². The Kier molecular flexibility index (Phi) is 2.90. The Morgan fingerprint density at radius 3 is 2.85 bits per heavy atom. The fourth-order valence-corrected chi connectivity index (χ4v) is 1.77. The topological polar surface area (TPSA) is 77.8 Å². The minimum atomic E-state index is 0. The van der Waals surface area contributed by atoms with E-state index in [2.05, 4.69) is 0 Å². The van der Waals surface area contributed by atoms with Gasteiger partial charge in [-0.05, 0) is 42.5 Å². The molecule has 3 heteroatoms. The summed E-state index contributed by atoms with van der Waals surface area (Å²) in [4.78, 5) is 0. The average Bonchev–Trinajstić information content (AvgIpc) is 2.03. The van der Waals surface area contributed by atoms with E-state index in [4.69, 9.17) is 5.73 Å². The standard InChI is InChI=1S/C10H13NO.H2O/c11-9-3-1-7-2-4-10(12)6-8(7)5-9;/h2,4,6,9,12H,1,3,5,11H2;1H2/t9-;/m1./s1. The van der Waals surface area contributed by atoms with Crippen molar-refractivity contribution in [2.24, 2.45) is 5.73 Å². The molecule has 0 bridgehead atoms. The number of fused-ring (bicyclic) bond motifs is 1. The van der Waals surface area contributed by atoms with E-state index < -0.39 is 0 Å². The highest BCUT2D eigenvalue weighted by Gasteiger charge is 2.14. The number of hydrogen-bond acceptors (Lipinski definition) is 2. The Morgan fingerprint density at radius 2 is 2.08 bits per heavy atom. The van der Waals surface area contributed by atoms with Crippen LogP contribution < -0.4 is 5.73 Å². The van der Waals surface area contributed by atoms with Gasteiger partial charge in [0.2, 0.25) is 0 Å². The number of phenolic OH excluding ortho intramolecular Hbond substituents is 1. The van der Waals surface area contributed by atoms with Crippen molar-refractivity contribution < 1.29 is 10.6 Å². The van der Waals surface area contributed by atoms with E-state index in [0.717, 1.165) is 19.3 Å². The lowest BCUT2D eigenvalue weighted by Gasteiger charge is -2.21. The molecule has 0 saturated heterocycles. The van der Waals surface area contributed by atoms with Crippen LogP contribution >= 0.6 is 0 Å². The first kappa shape index (κ1) is 10.0. The lowest BCUT2D eigenvalue weighted by molar-refractivity contribution is 0.472. The Morgan fingerprint density at radius 1 is 1.31 bits per heavy atom. The average molecular weight is 181 g/mol. The first-order chi connectivity index (χ1) is 5.75. The van der Waals surface area contributed by atoms with Crippen molar-refractivity contribution in [2.45, 2.75) is 25.3 Å². The predicted octanol–water partition coefficient (Wildman–Crippen LogP) is 0.383. The second-order valence-electron chi connectivity index (χ2n) is 3.46. The van der Waals surface area contributed by atoms with Crippen molar-refractivity contribution in [1.29, 1.82) is 0 Å². The first-order valence-corrected chi connectivity index (χ1v) is 4.32. The summed E-state index contributed by atoms with van der Waals surface area (Å²) >= 11 is 0. The summed E-state index contributed by atoms with van der Waals surface area (Å²) in [6.45, 7) is 0. The van der Waals surface area contributed by atoms with Gasteiger partial charge in [0.05, 0.1) is 0 Å². The summed E-state index contributed by atoms with van der Waals surface area (Å²) in [7, 11) is 0. The van der Waals surface area contributed by atoms with Crippen molar-refractivity contribution in [1.82, 2.24) is 0 Å². The van der Waals surface area contributed by atoms with Crippen LogP contribution in [0.15, 0.2) is 18.2 Å². The maximum absolute atomic E-state index is 9.23. The van der Waals surface area contributed by atoms with Gasteiger partial charge in [-0.1, -0.05) is 6.07 Å². The van der Waals surface area contributed by atoms with E-state index in [1.807, 2.05) is 12.1 Å². The van der Waals surface area contributed by atoms with Gasteiger partial charge in [0.25, 0.3) is 0 Å². The maximum Gasteiger partial charge on any atom is 0.115 e. The van der Waals surface area contributed by atoms with Gasteiger partial charge in [0.1, 0.15) is 5.75 Å². The minimum Gasteiger partial charge on any atom is -0.508 e. The third-order valence-electron chi connectivity index (χ3n) is 2.46. The molecule has 1 atom stereocenters. The van der Waals surface area contributed by atoms with Crippen LogP contribution in [-0.4, -0.2) is 16.6 Å². The van der Waals surface area contributed by atoms with Crippen LogP contribution in [-0.2, 0) is 12.8 Å². The number of hydrogen-bond donors (Lipinski definition) is 2. The Balaban J connectivity index is 0.000000845. The minimum absolute atomic E-state index is 0. The van der Waals surface area contributed by atoms with Crippen LogP contribution in [0.5, 0.6) is 5.75 Å². The van der Waals surface area contributed by atoms with Gasteiger partial charge in [0, 0.05) is 6.04 Å². The number of aryl methyl sites for hydroxylation is 1. The van der Waals surface area contributed by atoms with Gasteiger partial charge in [-0.2, -0.15) is 0 Å². The highest BCUT2D eigenvalue weighted by atomic mass is 16.3. The summed E-state index contributed by atoms with van der Waals surface area (Å²) in [5.41, 5.74) is 8.38. The highest BCUT2D eigenvalue weighted by molar-refractivity contribution is 5.37. The van der Waals surface area contributed by atoms with E-state index in [1.165, 1.54) is 11.1 Å². The summed E-state index contributed by atoms with van der Waals surface area (Å²) < 4.78 is 0. The zero-order valence-corrected chi connectivity index (χ0v) is 7.46. The molecule has 0 amide bonds. The van der Waals surface area contributed by atoms with Gasteiger partial charge in [-0.3, -0.25) is 0 Å². The molecule has 1 aromatic rings. The van der Waals surface area contributed by atoms with Crippen molar-refractivity contribution in [3.8, 4) is 5.75 Å². The normalized spacial score (nSPS) is 20.2. The zero-order chi connectivity index (χ0) is 8.55. The molecule has 1 aliphatic carbocycles. The molecule has 0 aliphatic heterocycles. The lowest BCUT2D eigenvalue weighted by Crippen LogP contribution is -2.27. The van der Waals surface area contributed by atoms with Crippen LogP contribution in [0.1, 0.15) is 17.5 Å². The molecule has 5 N–H and O–H groups in total. The lowest BCUT2D eigenvalue weighted by atomic mass is 9.89. The van der Waals surface area contributed by atoms with Crippen LogP contribution in [0.25, 0.3) is 0 Å². The third kappa shape index (κ3) is 1.99. The molecule has 0 aromatic heterocycles. The number of aromatic hydroxyl groups is 1. The second kappa shape index (κ2) is 3.77. The molecule has 13 heavy (non-hydrogen) atoms. The zero-order valence-electron chi connectivity index (χ0n) is 7.46. The number of rotatable bonds is 0.